The quantitative estimate of drug-likeness (QED) is 0.564. The first kappa shape index (κ1) is 20.2. The molecule has 2 heterocycles. The van der Waals surface area contributed by atoms with Crippen LogP contribution < -0.4 is 4.90 Å². The molecule has 0 N–H and O–H groups in total. The first-order valence-electron chi connectivity index (χ1n) is 10.4. The van der Waals surface area contributed by atoms with Gasteiger partial charge < -0.3 is 19.1 Å². The number of hydrogen-bond donors (Lipinski definition) is 0. The van der Waals surface area contributed by atoms with Crippen LogP contribution in [-0.2, 0) is 22.6 Å². The monoisotopic (exact) mass is 405 g/mol. The van der Waals surface area contributed by atoms with E-state index < -0.39 is 0 Å². The van der Waals surface area contributed by atoms with Crippen LogP contribution in [0.4, 0.5) is 5.88 Å². The van der Waals surface area contributed by atoms with E-state index in [9.17, 15) is 4.79 Å². The molecule has 0 saturated carbocycles. The maximum absolute atomic E-state index is 12.9. The fourth-order valence-electron chi connectivity index (χ4n) is 3.88. The lowest BCUT2D eigenvalue weighted by atomic mass is 10.1. The third-order valence-corrected chi connectivity index (χ3v) is 5.39. The molecule has 0 unspecified atom stereocenters. The molecule has 6 nitrogen and oxygen atoms in total. The van der Waals surface area contributed by atoms with Gasteiger partial charge in [0.15, 0.2) is 0 Å². The molecule has 1 saturated heterocycles. The second kappa shape index (κ2) is 9.59. The molecule has 1 aliphatic heterocycles. The number of aromatic nitrogens is 1. The largest absolute Gasteiger partial charge is 0.375 e. The zero-order chi connectivity index (χ0) is 20.8. The smallest absolute Gasteiger partial charge is 0.249 e. The summed E-state index contributed by atoms with van der Waals surface area (Å²) in [5.74, 6) is 0.712. The van der Waals surface area contributed by atoms with Crippen LogP contribution in [0.15, 0.2) is 65.2 Å². The van der Waals surface area contributed by atoms with Crippen LogP contribution >= 0.6 is 0 Å². The fraction of sp³-hybridized carbons (Fsp3) is 0.333. The molecule has 0 aliphatic carbocycles. The summed E-state index contributed by atoms with van der Waals surface area (Å²) in [4.78, 5) is 16.9. The Bertz CT molecular complexity index is 950. The lowest BCUT2D eigenvalue weighted by Gasteiger charge is -2.24. The van der Waals surface area contributed by atoms with E-state index in [4.69, 9.17) is 9.26 Å². The van der Waals surface area contributed by atoms with Crippen LogP contribution in [0.2, 0.25) is 0 Å². The first-order valence-corrected chi connectivity index (χ1v) is 10.4. The second-order valence-corrected chi connectivity index (χ2v) is 7.54. The minimum absolute atomic E-state index is 0.0395. The zero-order valence-electron chi connectivity index (χ0n) is 17.3. The summed E-state index contributed by atoms with van der Waals surface area (Å²) in [6.45, 7) is 2.85. The highest BCUT2D eigenvalue weighted by atomic mass is 16.5. The fourth-order valence-corrected chi connectivity index (χ4v) is 3.88. The second-order valence-electron chi connectivity index (χ2n) is 7.54. The highest BCUT2D eigenvalue weighted by Crippen LogP contribution is 2.34. The lowest BCUT2D eigenvalue weighted by molar-refractivity contribution is -0.136. The van der Waals surface area contributed by atoms with Gasteiger partial charge in [-0.2, -0.15) is 0 Å². The summed E-state index contributed by atoms with van der Waals surface area (Å²) in [6, 6.07) is 20.0. The number of amides is 1. The number of carbonyl (C=O) groups excluding carboxylic acids is 1. The highest BCUT2D eigenvalue weighted by molar-refractivity contribution is 5.78. The van der Waals surface area contributed by atoms with E-state index >= 15 is 0 Å². The van der Waals surface area contributed by atoms with Gasteiger partial charge in [0, 0.05) is 32.3 Å². The van der Waals surface area contributed by atoms with Gasteiger partial charge in [0.05, 0.1) is 12.1 Å². The normalized spacial score (nSPS) is 13.6. The van der Waals surface area contributed by atoms with Gasteiger partial charge in [-0.05, 0) is 18.4 Å². The summed E-state index contributed by atoms with van der Waals surface area (Å²) < 4.78 is 11.0. The van der Waals surface area contributed by atoms with Gasteiger partial charge >= 0.3 is 0 Å². The van der Waals surface area contributed by atoms with Gasteiger partial charge in [-0.25, -0.2) is 0 Å². The van der Waals surface area contributed by atoms with Crippen LogP contribution in [0.25, 0.3) is 11.3 Å². The third kappa shape index (κ3) is 4.54. The van der Waals surface area contributed by atoms with E-state index in [0.717, 1.165) is 54.2 Å². The Labute approximate surface area is 177 Å². The van der Waals surface area contributed by atoms with Crippen LogP contribution in [0.3, 0.4) is 0 Å². The molecule has 1 aromatic heterocycles. The van der Waals surface area contributed by atoms with Crippen LogP contribution in [0.5, 0.6) is 0 Å². The average molecular weight is 405 g/mol. The van der Waals surface area contributed by atoms with Crippen molar-refractivity contribution in [3.63, 3.8) is 0 Å². The molecular weight excluding hydrogens is 378 g/mol. The van der Waals surface area contributed by atoms with Crippen LogP contribution in [0.1, 0.15) is 24.0 Å². The molecule has 1 amide bonds. The molecule has 30 heavy (non-hydrogen) atoms. The summed E-state index contributed by atoms with van der Waals surface area (Å²) >= 11 is 0. The van der Waals surface area contributed by atoms with Gasteiger partial charge in [0.1, 0.15) is 12.3 Å². The molecule has 3 aromatic rings. The van der Waals surface area contributed by atoms with Crippen molar-refractivity contribution in [2.75, 3.05) is 31.7 Å². The topological polar surface area (TPSA) is 58.8 Å². The number of hydrogen-bond acceptors (Lipinski definition) is 5. The van der Waals surface area contributed by atoms with E-state index in [1.807, 2.05) is 65.6 Å². The predicted octanol–water partition coefficient (Wildman–Crippen LogP) is 4.12. The molecule has 156 valence electrons. The van der Waals surface area contributed by atoms with Crippen molar-refractivity contribution in [2.45, 2.75) is 25.9 Å². The van der Waals surface area contributed by atoms with Gasteiger partial charge in [-0.15, -0.1) is 0 Å². The number of anilines is 1. The minimum atomic E-state index is -0.0612. The zero-order valence-corrected chi connectivity index (χ0v) is 17.3. The minimum Gasteiger partial charge on any atom is -0.375 e. The van der Waals surface area contributed by atoms with E-state index in [2.05, 4.69) is 10.1 Å². The number of benzene rings is 2. The van der Waals surface area contributed by atoms with Crippen molar-refractivity contribution in [1.29, 1.82) is 0 Å². The lowest BCUT2D eigenvalue weighted by Crippen LogP contribution is -2.33. The van der Waals surface area contributed by atoms with E-state index in [1.165, 1.54) is 0 Å². The first-order chi connectivity index (χ1) is 14.8. The summed E-state index contributed by atoms with van der Waals surface area (Å²) in [5, 5.41) is 4.41. The number of nitrogens with zero attached hydrogens (tertiary/aromatic N) is 3. The van der Waals surface area contributed by atoms with Crippen LogP contribution in [-0.4, -0.2) is 42.8 Å². The van der Waals surface area contributed by atoms with Gasteiger partial charge in [0.25, 0.3) is 0 Å². The van der Waals surface area contributed by atoms with Crippen molar-refractivity contribution in [2.24, 2.45) is 0 Å². The van der Waals surface area contributed by atoms with Crippen molar-refractivity contribution in [3.05, 3.63) is 71.8 Å². The molecule has 0 spiro atoms. The van der Waals surface area contributed by atoms with Crippen molar-refractivity contribution < 1.29 is 14.1 Å². The molecule has 0 atom stereocenters. The molecule has 1 fully saturated rings. The van der Waals surface area contributed by atoms with E-state index in [0.29, 0.717) is 13.1 Å². The van der Waals surface area contributed by atoms with Gasteiger partial charge in [-0.1, -0.05) is 65.8 Å². The number of methoxy groups -OCH3 is 1. The summed E-state index contributed by atoms with van der Waals surface area (Å²) in [6.07, 6.45) is 2.27. The standard InChI is InChI=1S/C24H27N3O3/c1-29-18-22(28)27(16-19-10-4-2-5-11-19)17-21-23(20-12-6-3-7-13-20)25-30-24(21)26-14-8-9-15-26/h2-7,10-13H,8-9,14-18H2,1H3. The number of carbonyl (C=O) groups is 1. The predicted molar refractivity (Wildman–Crippen MR) is 116 cm³/mol. The summed E-state index contributed by atoms with van der Waals surface area (Å²) in [5.41, 5.74) is 3.80. The van der Waals surface area contributed by atoms with Crippen LogP contribution in [0, 0.1) is 0 Å². The molecule has 0 radical (unpaired) electrons. The Balaban J connectivity index is 1.70. The molecule has 6 heteroatoms. The maximum Gasteiger partial charge on any atom is 0.249 e. The Morgan fingerprint density at radius 2 is 1.70 bits per heavy atom. The van der Waals surface area contributed by atoms with Gasteiger partial charge in [0.2, 0.25) is 11.8 Å². The van der Waals surface area contributed by atoms with Crippen molar-refractivity contribution in [1.82, 2.24) is 10.1 Å². The summed E-state index contributed by atoms with van der Waals surface area (Å²) in [7, 11) is 1.54. The average Bonchev–Trinajstić information content (AvgIpc) is 3.45. The third-order valence-electron chi connectivity index (χ3n) is 5.39. The Morgan fingerprint density at radius 1 is 1.03 bits per heavy atom. The highest BCUT2D eigenvalue weighted by Gasteiger charge is 2.27. The number of ether oxygens (including phenoxy) is 1. The molecule has 1 aliphatic rings. The molecule has 2 aromatic carbocycles. The number of rotatable bonds is 8. The van der Waals surface area contributed by atoms with Crippen molar-refractivity contribution in [3.8, 4) is 11.3 Å². The molecular formula is C24H27N3O3. The molecule has 0 bridgehead atoms. The maximum atomic E-state index is 12.9. The SMILES string of the molecule is COCC(=O)N(Cc1ccccc1)Cc1c(-c2ccccc2)noc1N1CCCC1. The van der Waals surface area contributed by atoms with Crippen molar-refractivity contribution >= 4 is 11.8 Å². The molecule has 4 rings (SSSR count). The van der Waals surface area contributed by atoms with E-state index in [-0.39, 0.29) is 12.5 Å². The van der Waals surface area contributed by atoms with E-state index in [1.54, 1.807) is 7.11 Å². The Hall–Kier alpha value is -3.12. The Morgan fingerprint density at radius 3 is 2.37 bits per heavy atom. The Kier molecular flexibility index (Phi) is 6.44. The van der Waals surface area contributed by atoms with Gasteiger partial charge in [-0.3, -0.25) is 4.79 Å².